The van der Waals surface area contributed by atoms with Gasteiger partial charge in [0.25, 0.3) is 0 Å². The van der Waals surface area contributed by atoms with Gasteiger partial charge in [-0.25, -0.2) is 0 Å². The molecule has 0 radical (unpaired) electrons. The van der Waals surface area contributed by atoms with Gasteiger partial charge in [0.05, 0.1) is 12.6 Å². The predicted molar refractivity (Wildman–Crippen MR) is 99.9 cm³/mol. The highest BCUT2D eigenvalue weighted by molar-refractivity contribution is 5.97. The van der Waals surface area contributed by atoms with Gasteiger partial charge in [0, 0.05) is 24.8 Å². The number of anilines is 2. The van der Waals surface area contributed by atoms with Crippen molar-refractivity contribution in [1.82, 2.24) is 5.32 Å². The summed E-state index contributed by atoms with van der Waals surface area (Å²) in [6, 6.07) is 4.81. The zero-order valence-corrected chi connectivity index (χ0v) is 15.5. The molecular weight excluding hydrogens is 344 g/mol. The van der Waals surface area contributed by atoms with Gasteiger partial charge in [-0.05, 0) is 36.1 Å². The molecule has 8 heteroatoms. The van der Waals surface area contributed by atoms with Crippen LogP contribution in [0.3, 0.4) is 0 Å². The van der Waals surface area contributed by atoms with Gasteiger partial charge in [0.15, 0.2) is 0 Å². The highest BCUT2D eigenvalue weighted by atomic mass is 35.5. The highest BCUT2D eigenvalue weighted by Gasteiger charge is 2.22. The molecule has 1 aromatic carbocycles. The molecule has 0 fully saturated rings. The largest absolute Gasteiger partial charge is 0.346 e. The molecule has 0 bridgehead atoms. The van der Waals surface area contributed by atoms with Crippen LogP contribution in [0.2, 0.25) is 0 Å². The van der Waals surface area contributed by atoms with Gasteiger partial charge >= 0.3 is 0 Å². The van der Waals surface area contributed by atoms with Crippen LogP contribution in [0.5, 0.6) is 0 Å². The van der Waals surface area contributed by atoms with Gasteiger partial charge < -0.3 is 21.3 Å². The molecule has 1 heterocycles. The van der Waals surface area contributed by atoms with Crippen LogP contribution in [-0.2, 0) is 20.8 Å². The summed E-state index contributed by atoms with van der Waals surface area (Å²) in [5.74, 6) is -0.643. The standard InChI is InChI=1S/C17H24N4O3.ClH/c1-10(2)16(18)17(24)19-9-15(23)20-13-4-5-14-12(8-13)6-7-21(14)11(3)22;/h4-5,8,10,16H,6-7,9,18H2,1-3H3,(H,19,24)(H,20,23);1H/t16-;/m0./s1. The number of nitrogens with zero attached hydrogens (tertiary/aromatic N) is 1. The van der Waals surface area contributed by atoms with E-state index in [2.05, 4.69) is 10.6 Å². The fraction of sp³-hybridized carbons (Fsp3) is 0.471. The molecular formula is C17H25ClN4O3. The maximum Gasteiger partial charge on any atom is 0.243 e. The van der Waals surface area contributed by atoms with Gasteiger partial charge in [-0.15, -0.1) is 12.4 Å². The maximum atomic E-state index is 12.0. The van der Waals surface area contributed by atoms with E-state index in [4.69, 9.17) is 5.73 Å². The number of halogens is 1. The molecule has 0 spiro atoms. The second-order valence-electron chi connectivity index (χ2n) is 6.30. The lowest BCUT2D eigenvalue weighted by molar-refractivity contribution is -0.125. The van der Waals surface area contributed by atoms with Crippen LogP contribution in [0.15, 0.2) is 18.2 Å². The predicted octanol–water partition coefficient (Wildman–Crippen LogP) is 1.06. The molecule has 0 saturated heterocycles. The number of nitrogens with two attached hydrogens (primary N) is 1. The van der Waals surface area contributed by atoms with Crippen molar-refractivity contribution in [1.29, 1.82) is 0 Å². The van der Waals surface area contributed by atoms with E-state index in [-0.39, 0.29) is 42.6 Å². The lowest BCUT2D eigenvalue weighted by atomic mass is 10.1. The molecule has 0 aliphatic carbocycles. The minimum Gasteiger partial charge on any atom is -0.346 e. The van der Waals surface area contributed by atoms with Crippen molar-refractivity contribution in [2.24, 2.45) is 11.7 Å². The Morgan fingerprint density at radius 3 is 2.56 bits per heavy atom. The number of benzene rings is 1. The van der Waals surface area contributed by atoms with Gasteiger partial charge in [-0.1, -0.05) is 13.8 Å². The smallest absolute Gasteiger partial charge is 0.243 e. The maximum absolute atomic E-state index is 12.0. The summed E-state index contributed by atoms with van der Waals surface area (Å²) in [6.45, 7) is 5.76. The van der Waals surface area contributed by atoms with E-state index < -0.39 is 6.04 Å². The van der Waals surface area contributed by atoms with Crippen molar-refractivity contribution >= 4 is 41.5 Å². The molecule has 1 aliphatic heterocycles. The molecule has 0 aromatic heterocycles. The minimum absolute atomic E-state index is 0. The second kappa shape index (κ2) is 8.82. The summed E-state index contributed by atoms with van der Waals surface area (Å²) in [6.07, 6.45) is 0.763. The number of fused-ring (bicyclic) bond motifs is 1. The molecule has 7 nitrogen and oxygen atoms in total. The van der Waals surface area contributed by atoms with E-state index in [1.165, 1.54) is 6.92 Å². The fourth-order valence-corrected chi connectivity index (χ4v) is 2.60. The normalized spacial score (nSPS) is 13.7. The van der Waals surface area contributed by atoms with Crippen LogP contribution in [0, 0.1) is 5.92 Å². The van der Waals surface area contributed by atoms with Crippen LogP contribution in [-0.4, -0.2) is 36.9 Å². The van der Waals surface area contributed by atoms with Gasteiger partial charge in [0.1, 0.15) is 0 Å². The van der Waals surface area contributed by atoms with E-state index in [0.717, 1.165) is 17.7 Å². The third-order valence-corrected chi connectivity index (χ3v) is 4.08. The Bertz CT molecular complexity index is 663. The van der Waals surface area contributed by atoms with E-state index in [0.29, 0.717) is 12.2 Å². The third kappa shape index (κ3) is 5.17. The molecule has 1 atom stereocenters. The first-order valence-corrected chi connectivity index (χ1v) is 8.03. The Morgan fingerprint density at radius 2 is 1.96 bits per heavy atom. The zero-order valence-electron chi connectivity index (χ0n) is 14.7. The summed E-state index contributed by atoms with van der Waals surface area (Å²) >= 11 is 0. The van der Waals surface area contributed by atoms with Crippen LogP contribution >= 0.6 is 12.4 Å². The summed E-state index contributed by atoms with van der Waals surface area (Å²) in [5, 5.41) is 5.27. The second-order valence-corrected chi connectivity index (χ2v) is 6.30. The van der Waals surface area contributed by atoms with Crippen molar-refractivity contribution in [3.8, 4) is 0 Å². The van der Waals surface area contributed by atoms with Gasteiger partial charge in [0.2, 0.25) is 17.7 Å². The van der Waals surface area contributed by atoms with E-state index in [1.807, 2.05) is 26.0 Å². The molecule has 0 saturated carbocycles. The number of nitrogens with one attached hydrogen (secondary N) is 2. The Hall–Kier alpha value is -2.12. The Labute approximate surface area is 153 Å². The molecule has 4 N–H and O–H groups in total. The van der Waals surface area contributed by atoms with Crippen molar-refractivity contribution in [3.05, 3.63) is 23.8 Å². The SMILES string of the molecule is CC(=O)N1CCc2cc(NC(=O)CNC(=O)[C@@H](N)C(C)C)ccc21.Cl. The van der Waals surface area contributed by atoms with Crippen molar-refractivity contribution < 1.29 is 14.4 Å². The van der Waals surface area contributed by atoms with E-state index in [1.54, 1.807) is 11.0 Å². The minimum atomic E-state index is -0.629. The van der Waals surface area contributed by atoms with Crippen LogP contribution < -0.4 is 21.3 Å². The Morgan fingerprint density at radius 1 is 1.28 bits per heavy atom. The first-order valence-electron chi connectivity index (χ1n) is 8.03. The lowest BCUT2D eigenvalue weighted by Gasteiger charge is -2.16. The van der Waals surface area contributed by atoms with Gasteiger partial charge in [-0.3, -0.25) is 14.4 Å². The molecule has 2 rings (SSSR count). The monoisotopic (exact) mass is 368 g/mol. The molecule has 0 unspecified atom stereocenters. The molecule has 1 aliphatic rings. The summed E-state index contributed by atoms with van der Waals surface area (Å²) < 4.78 is 0. The van der Waals surface area contributed by atoms with Crippen LogP contribution in [0.1, 0.15) is 26.3 Å². The van der Waals surface area contributed by atoms with Crippen LogP contribution in [0.4, 0.5) is 11.4 Å². The van der Waals surface area contributed by atoms with Crippen molar-refractivity contribution in [2.45, 2.75) is 33.2 Å². The summed E-state index contributed by atoms with van der Waals surface area (Å²) in [5.41, 5.74) is 8.27. The number of hydrogen-bond donors (Lipinski definition) is 3. The first kappa shape index (κ1) is 20.9. The molecule has 25 heavy (non-hydrogen) atoms. The first-order chi connectivity index (χ1) is 11.3. The van der Waals surface area contributed by atoms with Crippen molar-refractivity contribution in [3.63, 3.8) is 0 Å². The summed E-state index contributed by atoms with van der Waals surface area (Å²) in [7, 11) is 0. The van der Waals surface area contributed by atoms with Crippen LogP contribution in [0.25, 0.3) is 0 Å². The Kier molecular flexibility index (Phi) is 7.38. The average molecular weight is 369 g/mol. The Balaban J connectivity index is 0.00000312. The zero-order chi connectivity index (χ0) is 17.9. The molecule has 3 amide bonds. The number of rotatable bonds is 5. The van der Waals surface area contributed by atoms with Crippen molar-refractivity contribution in [2.75, 3.05) is 23.3 Å². The molecule has 138 valence electrons. The fourth-order valence-electron chi connectivity index (χ4n) is 2.60. The number of amides is 3. The highest BCUT2D eigenvalue weighted by Crippen LogP contribution is 2.30. The average Bonchev–Trinajstić information content (AvgIpc) is 2.95. The van der Waals surface area contributed by atoms with E-state index >= 15 is 0 Å². The van der Waals surface area contributed by atoms with Gasteiger partial charge in [-0.2, -0.15) is 0 Å². The quantitative estimate of drug-likeness (QED) is 0.722. The van der Waals surface area contributed by atoms with E-state index in [9.17, 15) is 14.4 Å². The number of carbonyl (C=O) groups is 3. The number of hydrogen-bond acceptors (Lipinski definition) is 4. The summed E-state index contributed by atoms with van der Waals surface area (Å²) in [4.78, 5) is 36.9. The lowest BCUT2D eigenvalue weighted by Crippen LogP contribution is -2.46. The third-order valence-electron chi connectivity index (χ3n) is 4.08. The number of carbonyl (C=O) groups excluding carboxylic acids is 3. The molecule has 1 aromatic rings. The topological polar surface area (TPSA) is 105 Å².